The van der Waals surface area contributed by atoms with Gasteiger partial charge in [-0.3, -0.25) is 13.9 Å². The second kappa shape index (κ2) is 12.8. The predicted molar refractivity (Wildman–Crippen MR) is 144 cm³/mol. The molecular weight excluding hydrogens is 478 g/mol. The summed E-state index contributed by atoms with van der Waals surface area (Å²) in [5.74, 6) is -0.0341. The van der Waals surface area contributed by atoms with Gasteiger partial charge in [-0.25, -0.2) is 8.42 Å². The molecule has 9 heteroatoms. The maximum Gasteiger partial charge on any atom is 0.244 e. The van der Waals surface area contributed by atoms with Gasteiger partial charge in [-0.15, -0.1) is 0 Å². The first-order valence-corrected chi connectivity index (χ1v) is 14.0. The molecule has 0 aliphatic rings. The molecule has 2 aromatic rings. The highest BCUT2D eigenvalue weighted by Gasteiger charge is 2.32. The molecule has 2 atom stereocenters. The van der Waals surface area contributed by atoms with Gasteiger partial charge in [-0.2, -0.15) is 0 Å². The number of hydrogen-bond donors (Lipinski definition) is 1. The van der Waals surface area contributed by atoms with E-state index in [4.69, 9.17) is 4.74 Å². The Balaban J connectivity index is 2.49. The van der Waals surface area contributed by atoms with Crippen LogP contribution in [0.1, 0.15) is 50.3 Å². The number of ether oxygens (including phenoxy) is 1. The number of carbonyl (C=O) groups is 2. The second-order valence-corrected chi connectivity index (χ2v) is 11.0. The summed E-state index contributed by atoms with van der Waals surface area (Å²) < 4.78 is 32.1. The van der Waals surface area contributed by atoms with E-state index in [9.17, 15) is 18.0 Å². The van der Waals surface area contributed by atoms with Crippen LogP contribution in [-0.2, 0) is 26.2 Å². The lowest BCUT2D eigenvalue weighted by Crippen LogP contribution is -2.53. The molecule has 0 aromatic heterocycles. The highest BCUT2D eigenvalue weighted by atomic mass is 32.2. The van der Waals surface area contributed by atoms with Crippen molar-refractivity contribution in [3.8, 4) is 5.75 Å². The third-order valence-corrected chi connectivity index (χ3v) is 7.38. The summed E-state index contributed by atoms with van der Waals surface area (Å²) in [4.78, 5) is 28.5. The average molecular weight is 518 g/mol. The van der Waals surface area contributed by atoms with Crippen LogP contribution >= 0.6 is 0 Å². The largest absolute Gasteiger partial charge is 0.497 e. The van der Waals surface area contributed by atoms with Gasteiger partial charge in [0.25, 0.3) is 0 Å². The third kappa shape index (κ3) is 7.46. The fourth-order valence-corrected chi connectivity index (χ4v) is 5.03. The van der Waals surface area contributed by atoms with Crippen molar-refractivity contribution in [2.75, 3.05) is 24.2 Å². The number of para-hydroxylation sites is 1. The van der Waals surface area contributed by atoms with E-state index in [-0.39, 0.29) is 18.5 Å². The highest BCUT2D eigenvalue weighted by molar-refractivity contribution is 7.92. The fraction of sp³-hybridized carbons (Fsp3) is 0.481. The van der Waals surface area contributed by atoms with Crippen LogP contribution in [-0.4, -0.2) is 57.1 Å². The average Bonchev–Trinajstić information content (AvgIpc) is 2.82. The molecule has 0 radical (unpaired) electrons. The fourth-order valence-electron chi connectivity index (χ4n) is 4.06. The molecule has 198 valence electrons. The smallest absolute Gasteiger partial charge is 0.244 e. The number of carbonyl (C=O) groups excluding carboxylic acids is 2. The Morgan fingerprint density at radius 1 is 1.00 bits per heavy atom. The van der Waals surface area contributed by atoms with Crippen LogP contribution in [0.5, 0.6) is 5.75 Å². The molecule has 0 saturated carbocycles. The molecular formula is C27H39N3O5S. The van der Waals surface area contributed by atoms with Gasteiger partial charge in [0, 0.05) is 12.6 Å². The number of anilines is 1. The molecule has 2 rings (SSSR count). The van der Waals surface area contributed by atoms with Gasteiger partial charge in [0.1, 0.15) is 18.3 Å². The van der Waals surface area contributed by atoms with Gasteiger partial charge in [0.05, 0.1) is 19.1 Å². The van der Waals surface area contributed by atoms with Crippen molar-refractivity contribution >= 4 is 27.5 Å². The van der Waals surface area contributed by atoms with E-state index in [1.54, 1.807) is 19.2 Å². The molecule has 0 saturated heterocycles. The van der Waals surface area contributed by atoms with Crippen LogP contribution in [0.15, 0.2) is 42.5 Å². The minimum atomic E-state index is -3.78. The maximum absolute atomic E-state index is 13.8. The lowest BCUT2D eigenvalue weighted by Gasteiger charge is -2.34. The number of benzene rings is 2. The van der Waals surface area contributed by atoms with E-state index in [0.29, 0.717) is 17.9 Å². The monoisotopic (exact) mass is 517 g/mol. The van der Waals surface area contributed by atoms with E-state index < -0.39 is 28.5 Å². The van der Waals surface area contributed by atoms with Crippen LogP contribution in [0.4, 0.5) is 5.69 Å². The molecule has 0 fully saturated rings. The number of methoxy groups -OCH3 is 1. The number of nitrogens with one attached hydrogen (secondary N) is 1. The Labute approximate surface area is 215 Å². The first kappa shape index (κ1) is 29.2. The number of amides is 2. The summed E-state index contributed by atoms with van der Waals surface area (Å²) >= 11 is 0. The molecule has 36 heavy (non-hydrogen) atoms. The molecule has 1 N–H and O–H groups in total. The van der Waals surface area contributed by atoms with Crippen molar-refractivity contribution in [1.82, 2.24) is 10.2 Å². The van der Waals surface area contributed by atoms with Crippen molar-refractivity contribution in [1.29, 1.82) is 0 Å². The lowest BCUT2D eigenvalue weighted by molar-refractivity contribution is -0.140. The summed E-state index contributed by atoms with van der Waals surface area (Å²) in [6, 6.07) is 11.9. The van der Waals surface area contributed by atoms with Crippen LogP contribution in [0.25, 0.3) is 0 Å². The SMILES string of the molecule is CCC(C)NC(=O)C(CC)N(Cc1ccc(OC)cc1)C(=O)CN(c1c(C)cccc1C)S(C)(=O)=O. The zero-order chi connectivity index (χ0) is 27.0. The molecule has 0 heterocycles. The highest BCUT2D eigenvalue weighted by Crippen LogP contribution is 2.27. The zero-order valence-corrected chi connectivity index (χ0v) is 23.2. The van der Waals surface area contributed by atoms with E-state index in [0.717, 1.165) is 33.7 Å². The van der Waals surface area contributed by atoms with Crippen LogP contribution in [0, 0.1) is 13.8 Å². The van der Waals surface area contributed by atoms with Crippen molar-refractivity contribution < 1.29 is 22.7 Å². The first-order chi connectivity index (χ1) is 16.9. The maximum atomic E-state index is 13.8. The van der Waals surface area contributed by atoms with Crippen LogP contribution < -0.4 is 14.4 Å². The summed E-state index contributed by atoms with van der Waals surface area (Å²) in [6.07, 6.45) is 2.22. The van der Waals surface area contributed by atoms with E-state index in [1.165, 1.54) is 4.90 Å². The van der Waals surface area contributed by atoms with Gasteiger partial charge < -0.3 is 15.0 Å². The number of hydrogen-bond acceptors (Lipinski definition) is 5. The summed E-state index contributed by atoms with van der Waals surface area (Å²) in [5.41, 5.74) is 2.78. The minimum absolute atomic E-state index is 0.0494. The van der Waals surface area contributed by atoms with E-state index in [1.807, 2.05) is 65.0 Å². The Bertz CT molecular complexity index is 1130. The van der Waals surface area contributed by atoms with Gasteiger partial charge in [0.2, 0.25) is 21.8 Å². The van der Waals surface area contributed by atoms with Crippen molar-refractivity contribution in [2.45, 2.75) is 66.1 Å². The van der Waals surface area contributed by atoms with Crippen LogP contribution in [0.2, 0.25) is 0 Å². The van der Waals surface area contributed by atoms with E-state index >= 15 is 0 Å². The number of aryl methyl sites for hydroxylation is 2. The van der Waals surface area contributed by atoms with E-state index in [2.05, 4.69) is 5.32 Å². The Morgan fingerprint density at radius 2 is 1.58 bits per heavy atom. The van der Waals surface area contributed by atoms with Gasteiger partial charge in [-0.05, 0) is 62.4 Å². The molecule has 0 bridgehead atoms. The summed E-state index contributed by atoms with van der Waals surface area (Å²) in [7, 11) is -2.21. The van der Waals surface area contributed by atoms with Crippen molar-refractivity contribution in [2.24, 2.45) is 0 Å². The molecule has 8 nitrogen and oxygen atoms in total. The van der Waals surface area contributed by atoms with Crippen molar-refractivity contribution in [3.63, 3.8) is 0 Å². The standard InChI is InChI=1S/C27H39N3O5S/c1-8-21(5)28-27(32)24(9-2)29(17-22-13-15-23(35-6)16-14-22)25(31)18-30(36(7,33)34)26-19(3)11-10-12-20(26)4/h10-16,21,24H,8-9,17-18H2,1-7H3,(H,28,32). The summed E-state index contributed by atoms with van der Waals surface area (Å²) in [6.45, 7) is 9.10. The van der Waals surface area contributed by atoms with Gasteiger partial charge in [0.15, 0.2) is 0 Å². The lowest BCUT2D eigenvalue weighted by atomic mass is 10.1. The molecule has 0 aliphatic carbocycles. The normalized spacial score (nSPS) is 13.0. The van der Waals surface area contributed by atoms with Crippen molar-refractivity contribution in [3.05, 3.63) is 59.2 Å². The second-order valence-electron chi connectivity index (χ2n) is 9.12. The Morgan fingerprint density at radius 3 is 2.06 bits per heavy atom. The first-order valence-electron chi connectivity index (χ1n) is 12.2. The predicted octanol–water partition coefficient (Wildman–Crippen LogP) is 3.80. The number of sulfonamides is 1. The number of rotatable bonds is 12. The third-order valence-electron chi connectivity index (χ3n) is 6.27. The molecule has 2 amide bonds. The summed E-state index contributed by atoms with van der Waals surface area (Å²) in [5, 5.41) is 2.97. The number of nitrogens with zero attached hydrogens (tertiary/aromatic N) is 2. The molecule has 2 aromatic carbocycles. The van der Waals surface area contributed by atoms with Gasteiger partial charge >= 0.3 is 0 Å². The quantitative estimate of drug-likeness (QED) is 0.462. The Hall–Kier alpha value is -3.07. The van der Waals surface area contributed by atoms with Crippen LogP contribution in [0.3, 0.4) is 0 Å². The molecule has 0 aliphatic heterocycles. The zero-order valence-electron chi connectivity index (χ0n) is 22.4. The molecule has 2 unspecified atom stereocenters. The molecule has 0 spiro atoms. The topological polar surface area (TPSA) is 96.0 Å². The van der Waals surface area contributed by atoms with Gasteiger partial charge in [-0.1, -0.05) is 44.2 Å². The Kier molecular flexibility index (Phi) is 10.3. The minimum Gasteiger partial charge on any atom is -0.497 e.